The molecule has 0 bridgehead atoms. The molecule has 0 atom stereocenters. The molecule has 172 valence electrons. The fourth-order valence-corrected chi connectivity index (χ4v) is 4.93. The second-order valence-corrected chi connectivity index (χ2v) is 10.0. The predicted octanol–water partition coefficient (Wildman–Crippen LogP) is 4.61. The van der Waals surface area contributed by atoms with Gasteiger partial charge in [-0.05, 0) is 80.5 Å². The van der Waals surface area contributed by atoms with E-state index in [4.69, 9.17) is 0 Å². The average molecular weight is 437 g/mol. The van der Waals surface area contributed by atoms with Gasteiger partial charge < -0.3 is 4.98 Å². The van der Waals surface area contributed by atoms with Crippen LogP contribution >= 0.6 is 0 Å². The van der Waals surface area contributed by atoms with Gasteiger partial charge in [0.05, 0.1) is 17.6 Å². The van der Waals surface area contributed by atoms with Crippen LogP contribution < -0.4 is 5.56 Å². The molecule has 3 aromatic rings. The Labute approximate surface area is 190 Å². The van der Waals surface area contributed by atoms with Gasteiger partial charge in [-0.3, -0.25) is 9.69 Å². The molecule has 1 saturated carbocycles. The first-order chi connectivity index (χ1) is 15.3. The standard InChI is InChI=1S/C25H36N6O/c1-6-25(4,5)31-22(27-28-29-31)16-30(21-10-8-7-9-11-21)15-20-14-19-13-17(2)12-18(3)23(19)26-24(20)32/h12-14,21H,6-11,15-16H2,1-5H3,(H,26,32). The summed E-state index contributed by atoms with van der Waals surface area (Å²) in [7, 11) is 0. The smallest absolute Gasteiger partial charge is 0.252 e. The summed E-state index contributed by atoms with van der Waals surface area (Å²) >= 11 is 0. The summed E-state index contributed by atoms with van der Waals surface area (Å²) in [6.45, 7) is 11.9. The zero-order chi connectivity index (χ0) is 22.9. The van der Waals surface area contributed by atoms with Crippen LogP contribution in [0.1, 0.15) is 81.8 Å². The average Bonchev–Trinajstić information content (AvgIpc) is 3.24. The van der Waals surface area contributed by atoms with Crippen LogP contribution in [0, 0.1) is 13.8 Å². The van der Waals surface area contributed by atoms with Crippen molar-refractivity contribution in [3.8, 4) is 0 Å². The SMILES string of the molecule is CCC(C)(C)n1nnnc1CN(Cc1cc2cc(C)cc(C)c2[nH]c1=O)C1CCCCC1. The zero-order valence-electron chi connectivity index (χ0n) is 20.1. The Morgan fingerprint density at radius 1 is 1.12 bits per heavy atom. The number of hydrogen-bond donors (Lipinski definition) is 1. The lowest BCUT2D eigenvalue weighted by atomic mass is 9.93. The molecule has 2 heterocycles. The van der Waals surface area contributed by atoms with Crippen LogP contribution in [0.4, 0.5) is 0 Å². The fraction of sp³-hybridized carbons (Fsp3) is 0.600. The molecule has 0 radical (unpaired) electrons. The molecule has 0 amide bonds. The summed E-state index contributed by atoms with van der Waals surface area (Å²) in [5, 5.41) is 13.8. The number of tetrazole rings is 1. The largest absolute Gasteiger partial charge is 0.321 e. The van der Waals surface area contributed by atoms with Crippen molar-refractivity contribution in [1.82, 2.24) is 30.1 Å². The molecule has 0 aliphatic heterocycles. The van der Waals surface area contributed by atoms with E-state index in [2.05, 4.69) is 78.2 Å². The number of nitrogens with one attached hydrogen (secondary N) is 1. The Morgan fingerprint density at radius 2 is 1.88 bits per heavy atom. The fourth-order valence-electron chi connectivity index (χ4n) is 4.93. The topological polar surface area (TPSA) is 79.7 Å². The molecular weight excluding hydrogens is 400 g/mol. The van der Waals surface area contributed by atoms with Crippen molar-refractivity contribution in [2.45, 2.75) is 97.8 Å². The van der Waals surface area contributed by atoms with Gasteiger partial charge in [0.15, 0.2) is 5.82 Å². The van der Waals surface area contributed by atoms with Gasteiger partial charge in [0, 0.05) is 18.2 Å². The molecule has 0 saturated heterocycles. The van der Waals surface area contributed by atoms with E-state index in [1.54, 1.807) is 0 Å². The Morgan fingerprint density at radius 3 is 2.59 bits per heavy atom. The lowest BCUT2D eigenvalue weighted by molar-refractivity contribution is 0.129. The number of aryl methyl sites for hydroxylation is 2. The highest BCUT2D eigenvalue weighted by Gasteiger charge is 2.28. The first-order valence-electron chi connectivity index (χ1n) is 11.9. The molecule has 2 aromatic heterocycles. The molecule has 7 nitrogen and oxygen atoms in total. The van der Waals surface area contributed by atoms with E-state index in [-0.39, 0.29) is 11.1 Å². The van der Waals surface area contributed by atoms with Crippen LogP contribution in [0.5, 0.6) is 0 Å². The van der Waals surface area contributed by atoms with Crippen molar-refractivity contribution in [1.29, 1.82) is 0 Å². The van der Waals surface area contributed by atoms with Gasteiger partial charge in [0.1, 0.15) is 0 Å². The molecule has 1 aromatic carbocycles. The molecule has 4 rings (SSSR count). The molecular formula is C25H36N6O. The summed E-state index contributed by atoms with van der Waals surface area (Å²) in [6.07, 6.45) is 7.01. The molecule has 1 aliphatic carbocycles. The monoisotopic (exact) mass is 436 g/mol. The lowest BCUT2D eigenvalue weighted by Crippen LogP contribution is -2.39. The number of fused-ring (bicyclic) bond motifs is 1. The third-order valence-corrected chi connectivity index (χ3v) is 7.15. The first kappa shape index (κ1) is 22.6. The van der Waals surface area contributed by atoms with Crippen LogP contribution in [-0.4, -0.2) is 36.1 Å². The molecule has 32 heavy (non-hydrogen) atoms. The zero-order valence-corrected chi connectivity index (χ0v) is 20.1. The van der Waals surface area contributed by atoms with Gasteiger partial charge in [0.25, 0.3) is 5.56 Å². The van der Waals surface area contributed by atoms with Crippen molar-refractivity contribution in [3.05, 3.63) is 51.1 Å². The van der Waals surface area contributed by atoms with Crippen molar-refractivity contribution >= 4 is 10.9 Å². The highest BCUT2D eigenvalue weighted by Crippen LogP contribution is 2.27. The highest BCUT2D eigenvalue weighted by atomic mass is 16.1. The number of aromatic amines is 1. The summed E-state index contributed by atoms with van der Waals surface area (Å²) in [6, 6.07) is 6.77. The number of aromatic nitrogens is 5. The lowest BCUT2D eigenvalue weighted by Gasteiger charge is -2.34. The normalized spacial score (nSPS) is 15.7. The Balaban J connectivity index is 1.69. The number of rotatable bonds is 7. The van der Waals surface area contributed by atoms with Gasteiger partial charge in [-0.25, -0.2) is 4.68 Å². The van der Waals surface area contributed by atoms with Crippen molar-refractivity contribution in [2.24, 2.45) is 0 Å². The number of H-pyrrole nitrogens is 1. The third-order valence-electron chi connectivity index (χ3n) is 7.15. The maximum absolute atomic E-state index is 13.0. The molecule has 1 aliphatic rings. The second kappa shape index (κ2) is 9.14. The minimum Gasteiger partial charge on any atom is -0.321 e. The van der Waals surface area contributed by atoms with E-state index in [0.717, 1.165) is 47.1 Å². The first-order valence-corrected chi connectivity index (χ1v) is 11.9. The third kappa shape index (κ3) is 4.63. The molecule has 0 spiro atoms. The van der Waals surface area contributed by atoms with Gasteiger partial charge in [-0.1, -0.05) is 37.8 Å². The van der Waals surface area contributed by atoms with Gasteiger partial charge in [-0.15, -0.1) is 5.10 Å². The van der Waals surface area contributed by atoms with Crippen LogP contribution in [-0.2, 0) is 18.6 Å². The summed E-state index contributed by atoms with van der Waals surface area (Å²) in [4.78, 5) is 18.6. The van der Waals surface area contributed by atoms with E-state index >= 15 is 0 Å². The number of benzene rings is 1. The highest BCUT2D eigenvalue weighted by molar-refractivity contribution is 5.82. The molecule has 7 heteroatoms. The molecule has 1 fully saturated rings. The van der Waals surface area contributed by atoms with Crippen molar-refractivity contribution in [3.63, 3.8) is 0 Å². The van der Waals surface area contributed by atoms with Gasteiger partial charge >= 0.3 is 0 Å². The summed E-state index contributed by atoms with van der Waals surface area (Å²) < 4.78 is 1.96. The second-order valence-electron chi connectivity index (χ2n) is 10.0. The predicted molar refractivity (Wildman–Crippen MR) is 128 cm³/mol. The van der Waals surface area contributed by atoms with Crippen molar-refractivity contribution in [2.75, 3.05) is 0 Å². The maximum atomic E-state index is 13.0. The van der Waals surface area contributed by atoms with E-state index in [1.165, 1.54) is 24.8 Å². The number of nitrogens with zero attached hydrogens (tertiary/aromatic N) is 5. The Bertz CT molecular complexity index is 1140. The Hall–Kier alpha value is -2.54. The summed E-state index contributed by atoms with van der Waals surface area (Å²) in [5.74, 6) is 0.867. The molecule has 0 unspecified atom stereocenters. The van der Waals surface area contributed by atoms with E-state index in [9.17, 15) is 4.79 Å². The number of pyridine rings is 1. The van der Waals surface area contributed by atoms with Crippen molar-refractivity contribution < 1.29 is 0 Å². The minimum absolute atomic E-state index is 0.00116. The van der Waals surface area contributed by atoms with E-state index in [0.29, 0.717) is 19.1 Å². The van der Waals surface area contributed by atoms with Gasteiger partial charge in [0.2, 0.25) is 0 Å². The van der Waals surface area contributed by atoms with Gasteiger partial charge in [-0.2, -0.15) is 0 Å². The van der Waals surface area contributed by atoms with E-state index in [1.807, 2.05) is 4.68 Å². The van der Waals surface area contributed by atoms with Crippen LogP contribution in [0.15, 0.2) is 23.0 Å². The van der Waals surface area contributed by atoms with Crippen LogP contribution in [0.3, 0.4) is 0 Å². The number of hydrogen-bond acceptors (Lipinski definition) is 5. The van der Waals surface area contributed by atoms with Crippen LogP contribution in [0.2, 0.25) is 0 Å². The minimum atomic E-state index is -0.146. The van der Waals surface area contributed by atoms with Crippen LogP contribution in [0.25, 0.3) is 10.9 Å². The quantitative estimate of drug-likeness (QED) is 0.585. The Kier molecular flexibility index (Phi) is 6.47. The maximum Gasteiger partial charge on any atom is 0.252 e. The van der Waals surface area contributed by atoms with E-state index < -0.39 is 0 Å². The molecule has 1 N–H and O–H groups in total. The summed E-state index contributed by atoms with van der Waals surface area (Å²) in [5.41, 5.74) is 3.90.